The lowest BCUT2D eigenvalue weighted by atomic mass is 9.93. The fourth-order valence-corrected chi connectivity index (χ4v) is 7.68. The second-order valence-electron chi connectivity index (χ2n) is 11.7. The van der Waals surface area contributed by atoms with Gasteiger partial charge in [0, 0.05) is 32.6 Å². The number of hydrogen-bond donors (Lipinski definition) is 0. The molecule has 44 heavy (non-hydrogen) atoms. The van der Waals surface area contributed by atoms with Crippen molar-refractivity contribution >= 4 is 75.9 Å². The summed E-state index contributed by atoms with van der Waals surface area (Å²) in [6.45, 7) is 0. The Balaban J connectivity index is 1.37. The average Bonchev–Trinajstić information content (AvgIpc) is 3.60. The minimum atomic E-state index is 1.16. The Morgan fingerprint density at radius 3 is 1.25 bits per heavy atom. The van der Waals surface area contributed by atoms with Gasteiger partial charge in [0.25, 0.3) is 0 Å². The first kappa shape index (κ1) is 23.7. The van der Waals surface area contributed by atoms with E-state index >= 15 is 0 Å². The maximum Gasteiger partial charge on any atom is 0.0562 e. The van der Waals surface area contributed by atoms with Crippen LogP contribution in [0.2, 0.25) is 0 Å². The van der Waals surface area contributed by atoms with Gasteiger partial charge in [0.1, 0.15) is 0 Å². The lowest BCUT2D eigenvalue weighted by Gasteiger charge is -2.17. The van der Waals surface area contributed by atoms with Crippen molar-refractivity contribution in [2.24, 2.45) is 0 Å². The largest absolute Gasteiger partial charge is 0.309 e. The molecule has 0 aliphatic heterocycles. The molecule has 0 fully saturated rings. The van der Waals surface area contributed by atoms with Gasteiger partial charge in [-0.05, 0) is 63.3 Å². The second kappa shape index (κ2) is 8.82. The van der Waals surface area contributed by atoms with Gasteiger partial charge in [-0.1, -0.05) is 121 Å². The molecule has 0 saturated heterocycles. The first-order valence-corrected chi connectivity index (χ1v) is 15.2. The van der Waals surface area contributed by atoms with Crippen molar-refractivity contribution < 1.29 is 0 Å². The first-order valence-electron chi connectivity index (χ1n) is 15.2. The Morgan fingerprint density at radius 2 is 0.682 bits per heavy atom. The molecule has 2 heteroatoms. The third-order valence-corrected chi connectivity index (χ3v) is 9.48. The first-order chi connectivity index (χ1) is 21.9. The Bertz CT molecular complexity index is 2680. The molecule has 0 unspecified atom stereocenters. The molecule has 0 spiro atoms. The van der Waals surface area contributed by atoms with E-state index in [1.807, 2.05) is 0 Å². The van der Waals surface area contributed by atoms with Gasteiger partial charge in [-0.2, -0.15) is 0 Å². The SMILES string of the molecule is c1ccc2c(c1)c1ccccc1c1c(-n3c4ccccc4c4ccc(-n5c6ccccc6c6ccccc65)cc43)cccc21. The van der Waals surface area contributed by atoms with E-state index < -0.39 is 0 Å². The van der Waals surface area contributed by atoms with E-state index in [1.165, 1.54) is 81.6 Å². The van der Waals surface area contributed by atoms with Crippen LogP contribution in [0.15, 0.2) is 158 Å². The van der Waals surface area contributed by atoms with Crippen molar-refractivity contribution in [2.45, 2.75) is 0 Å². The molecule has 0 aliphatic carbocycles. The fourth-order valence-electron chi connectivity index (χ4n) is 7.68. The standard InChI is InChI=1S/C42H26N2/c1-2-13-30-28(12-1)29-14-3-4-18-35(29)42-36(30)19-11-23-40(42)44-39-22-10-7-17-33(39)34-25-24-27(26-41(34)44)43-37-20-8-5-15-31(37)32-16-6-9-21-38(32)43/h1-26H. The highest BCUT2D eigenvalue weighted by atomic mass is 15.0. The number of aromatic nitrogens is 2. The predicted molar refractivity (Wildman–Crippen MR) is 188 cm³/mol. The molecule has 0 radical (unpaired) electrons. The van der Waals surface area contributed by atoms with E-state index in [-0.39, 0.29) is 0 Å². The Labute approximate surface area is 253 Å². The highest BCUT2D eigenvalue weighted by Gasteiger charge is 2.19. The van der Waals surface area contributed by atoms with Crippen molar-refractivity contribution in [3.63, 3.8) is 0 Å². The molecule has 0 saturated carbocycles. The molecule has 0 amide bonds. The summed E-state index contributed by atoms with van der Waals surface area (Å²) in [5.74, 6) is 0. The zero-order valence-corrected chi connectivity index (χ0v) is 23.9. The summed E-state index contributed by atoms with van der Waals surface area (Å²) in [6.07, 6.45) is 0. The molecule has 8 aromatic carbocycles. The van der Waals surface area contributed by atoms with Crippen molar-refractivity contribution in [3.8, 4) is 11.4 Å². The van der Waals surface area contributed by atoms with E-state index in [9.17, 15) is 0 Å². The van der Waals surface area contributed by atoms with Gasteiger partial charge in [-0.15, -0.1) is 0 Å². The second-order valence-corrected chi connectivity index (χ2v) is 11.7. The zero-order valence-electron chi connectivity index (χ0n) is 23.9. The number of nitrogens with zero attached hydrogens (tertiary/aromatic N) is 2. The highest BCUT2D eigenvalue weighted by Crippen LogP contribution is 2.42. The van der Waals surface area contributed by atoms with E-state index in [0.29, 0.717) is 0 Å². The van der Waals surface area contributed by atoms with Crippen LogP contribution >= 0.6 is 0 Å². The molecule has 0 N–H and O–H groups in total. The van der Waals surface area contributed by atoms with Gasteiger partial charge < -0.3 is 9.13 Å². The Kier molecular flexibility index (Phi) is 4.75. The number of hydrogen-bond acceptors (Lipinski definition) is 0. The summed E-state index contributed by atoms with van der Waals surface area (Å²) in [4.78, 5) is 0. The molecule has 10 rings (SSSR count). The maximum absolute atomic E-state index is 2.49. The van der Waals surface area contributed by atoms with Gasteiger partial charge in [-0.25, -0.2) is 0 Å². The summed E-state index contributed by atoms with van der Waals surface area (Å²) in [5.41, 5.74) is 7.23. The molecule has 0 aliphatic rings. The zero-order chi connectivity index (χ0) is 28.8. The van der Waals surface area contributed by atoms with Gasteiger partial charge >= 0.3 is 0 Å². The fraction of sp³-hybridized carbons (Fsp3) is 0. The van der Waals surface area contributed by atoms with Gasteiger partial charge in [-0.3, -0.25) is 0 Å². The smallest absolute Gasteiger partial charge is 0.0562 e. The van der Waals surface area contributed by atoms with Crippen LogP contribution in [0.5, 0.6) is 0 Å². The van der Waals surface area contributed by atoms with Gasteiger partial charge in [0.05, 0.1) is 27.8 Å². The van der Waals surface area contributed by atoms with E-state index in [2.05, 4.69) is 167 Å². The predicted octanol–water partition coefficient (Wildman–Crippen LogP) is 11.3. The number of fused-ring (bicyclic) bond motifs is 12. The van der Waals surface area contributed by atoms with Crippen molar-refractivity contribution in [3.05, 3.63) is 158 Å². The molecule has 2 heterocycles. The third kappa shape index (κ3) is 3.09. The molecule has 2 nitrogen and oxygen atoms in total. The lowest BCUT2D eigenvalue weighted by molar-refractivity contribution is 1.16. The summed E-state index contributed by atoms with van der Waals surface area (Å²) < 4.78 is 4.91. The third-order valence-electron chi connectivity index (χ3n) is 9.48. The summed E-state index contributed by atoms with van der Waals surface area (Å²) in [7, 11) is 0. The average molecular weight is 559 g/mol. The van der Waals surface area contributed by atoms with Crippen LogP contribution in [0.4, 0.5) is 0 Å². The Hall–Kier alpha value is -5.86. The topological polar surface area (TPSA) is 9.86 Å². The van der Waals surface area contributed by atoms with Crippen LogP contribution in [0.3, 0.4) is 0 Å². The molecule has 0 bridgehead atoms. The maximum atomic E-state index is 2.49. The van der Waals surface area contributed by atoms with E-state index in [0.717, 1.165) is 5.69 Å². The molecule has 0 atom stereocenters. The summed E-state index contributed by atoms with van der Waals surface area (Å²) in [5, 5.41) is 12.8. The van der Waals surface area contributed by atoms with Crippen LogP contribution in [0.1, 0.15) is 0 Å². The van der Waals surface area contributed by atoms with Crippen molar-refractivity contribution in [2.75, 3.05) is 0 Å². The number of benzene rings is 8. The van der Waals surface area contributed by atoms with Crippen LogP contribution in [0.25, 0.3) is 87.3 Å². The number of rotatable bonds is 2. The lowest BCUT2D eigenvalue weighted by Crippen LogP contribution is -1.98. The normalized spacial score (nSPS) is 12.1. The number of para-hydroxylation sites is 3. The molecule has 10 aromatic rings. The van der Waals surface area contributed by atoms with Gasteiger partial charge in [0.15, 0.2) is 0 Å². The summed E-state index contributed by atoms with van der Waals surface area (Å²) in [6, 6.07) is 57.8. The minimum absolute atomic E-state index is 1.16. The molecule has 2 aromatic heterocycles. The van der Waals surface area contributed by atoms with E-state index in [4.69, 9.17) is 0 Å². The molecular weight excluding hydrogens is 532 g/mol. The quantitative estimate of drug-likeness (QED) is 0.187. The molecular formula is C42H26N2. The van der Waals surface area contributed by atoms with Gasteiger partial charge in [0.2, 0.25) is 0 Å². The highest BCUT2D eigenvalue weighted by molar-refractivity contribution is 6.28. The summed E-state index contributed by atoms with van der Waals surface area (Å²) >= 11 is 0. The van der Waals surface area contributed by atoms with Crippen LogP contribution in [-0.2, 0) is 0 Å². The van der Waals surface area contributed by atoms with Crippen LogP contribution in [-0.4, -0.2) is 9.13 Å². The van der Waals surface area contributed by atoms with Crippen LogP contribution < -0.4 is 0 Å². The molecule has 204 valence electrons. The van der Waals surface area contributed by atoms with Crippen molar-refractivity contribution in [1.29, 1.82) is 0 Å². The minimum Gasteiger partial charge on any atom is -0.309 e. The van der Waals surface area contributed by atoms with E-state index in [1.54, 1.807) is 0 Å². The van der Waals surface area contributed by atoms with Crippen molar-refractivity contribution in [1.82, 2.24) is 9.13 Å². The monoisotopic (exact) mass is 558 g/mol. The van der Waals surface area contributed by atoms with Crippen LogP contribution in [0, 0.1) is 0 Å². The Morgan fingerprint density at radius 1 is 0.273 bits per heavy atom.